The number of aliphatic hydroxyl groups excluding tert-OH is 2. The number of aliphatic hydroxyl groups is 2. The fraction of sp³-hybridized carbons (Fsp3) is 0.438. The lowest BCUT2D eigenvalue weighted by atomic mass is 10.2. The SMILES string of the molecule is C\C=C(C#CCCCO)/C=C\C=C\C(=O)NC(C)CO. The number of unbranched alkanes of at least 4 members (excludes halogenated alkanes) is 1. The van der Waals surface area contributed by atoms with Crippen molar-refractivity contribution in [1.29, 1.82) is 0 Å². The molecule has 110 valence electrons. The van der Waals surface area contributed by atoms with Crippen LogP contribution in [0, 0.1) is 11.8 Å². The average Bonchev–Trinajstić information content (AvgIpc) is 2.45. The van der Waals surface area contributed by atoms with Gasteiger partial charge in [0, 0.05) is 30.7 Å². The summed E-state index contributed by atoms with van der Waals surface area (Å²) in [5.74, 6) is 5.70. The maximum atomic E-state index is 11.4. The Morgan fingerprint density at radius 1 is 1.30 bits per heavy atom. The summed E-state index contributed by atoms with van der Waals surface area (Å²) in [6, 6.07) is -0.250. The second-order valence-electron chi connectivity index (χ2n) is 4.18. The molecule has 0 aliphatic heterocycles. The van der Waals surface area contributed by atoms with Gasteiger partial charge in [-0.25, -0.2) is 0 Å². The fourth-order valence-electron chi connectivity index (χ4n) is 1.18. The quantitative estimate of drug-likeness (QED) is 0.284. The minimum absolute atomic E-state index is 0.0818. The van der Waals surface area contributed by atoms with Crippen LogP contribution in [0.15, 0.2) is 36.0 Å². The van der Waals surface area contributed by atoms with E-state index in [0.29, 0.717) is 12.8 Å². The van der Waals surface area contributed by atoms with Crippen LogP contribution in [0.5, 0.6) is 0 Å². The third-order valence-corrected chi connectivity index (χ3v) is 2.30. The van der Waals surface area contributed by atoms with Crippen LogP contribution in [-0.4, -0.2) is 35.4 Å². The van der Waals surface area contributed by atoms with Crippen LogP contribution in [0.2, 0.25) is 0 Å². The predicted octanol–water partition coefficient (Wildman–Crippen LogP) is 1.32. The molecule has 0 aromatic heterocycles. The summed E-state index contributed by atoms with van der Waals surface area (Å²) >= 11 is 0. The van der Waals surface area contributed by atoms with Crippen LogP contribution in [0.4, 0.5) is 0 Å². The van der Waals surface area contributed by atoms with Crippen molar-refractivity contribution in [3.05, 3.63) is 36.0 Å². The third-order valence-electron chi connectivity index (χ3n) is 2.30. The predicted molar refractivity (Wildman–Crippen MR) is 80.8 cm³/mol. The summed E-state index contributed by atoms with van der Waals surface area (Å²) in [5, 5.41) is 20.0. The standard InChI is InChI=1S/C16H23NO3/c1-3-15(9-5-4-8-12-18)10-6-7-11-16(20)17-14(2)13-19/h3,6-7,10-11,14,18-19H,4,8,12-13H2,1-2H3,(H,17,20)/b10-6-,11-7+,15-3-. The minimum Gasteiger partial charge on any atom is -0.396 e. The van der Waals surface area contributed by atoms with Gasteiger partial charge < -0.3 is 15.5 Å². The largest absolute Gasteiger partial charge is 0.396 e. The summed E-state index contributed by atoms with van der Waals surface area (Å²) in [4.78, 5) is 11.4. The molecule has 1 amide bonds. The Kier molecular flexibility index (Phi) is 11.1. The van der Waals surface area contributed by atoms with E-state index in [4.69, 9.17) is 10.2 Å². The molecule has 0 rings (SSSR count). The Bertz CT molecular complexity index is 425. The van der Waals surface area contributed by atoms with Crippen LogP contribution in [-0.2, 0) is 4.79 Å². The molecule has 1 unspecified atom stereocenters. The highest BCUT2D eigenvalue weighted by atomic mass is 16.3. The molecule has 4 nitrogen and oxygen atoms in total. The van der Waals surface area contributed by atoms with E-state index in [-0.39, 0.29) is 25.2 Å². The van der Waals surface area contributed by atoms with Crippen molar-refractivity contribution in [1.82, 2.24) is 5.32 Å². The first kappa shape index (κ1) is 18.2. The molecule has 0 aliphatic carbocycles. The van der Waals surface area contributed by atoms with Crippen molar-refractivity contribution in [2.75, 3.05) is 13.2 Å². The van der Waals surface area contributed by atoms with Crippen molar-refractivity contribution in [3.63, 3.8) is 0 Å². The lowest BCUT2D eigenvalue weighted by molar-refractivity contribution is -0.117. The summed E-state index contributed by atoms with van der Waals surface area (Å²) in [6.45, 7) is 3.68. The molecule has 1 atom stereocenters. The minimum atomic E-state index is -0.250. The van der Waals surface area contributed by atoms with E-state index in [0.717, 1.165) is 5.57 Å². The van der Waals surface area contributed by atoms with Gasteiger partial charge >= 0.3 is 0 Å². The van der Waals surface area contributed by atoms with Crippen LogP contribution >= 0.6 is 0 Å². The molecule has 4 heteroatoms. The molecule has 3 N–H and O–H groups in total. The zero-order chi connectivity index (χ0) is 15.2. The molecule has 0 saturated carbocycles. The summed E-state index contributed by atoms with van der Waals surface area (Å²) in [6.07, 6.45) is 9.79. The summed E-state index contributed by atoms with van der Waals surface area (Å²) < 4.78 is 0. The van der Waals surface area contributed by atoms with Gasteiger partial charge in [0.15, 0.2) is 0 Å². The van der Waals surface area contributed by atoms with E-state index < -0.39 is 0 Å². The highest BCUT2D eigenvalue weighted by Crippen LogP contribution is 1.96. The Hall–Kier alpha value is -1.83. The maximum absolute atomic E-state index is 11.4. The molecular weight excluding hydrogens is 254 g/mol. The number of amides is 1. The van der Waals surface area contributed by atoms with Gasteiger partial charge in [0.1, 0.15) is 0 Å². The number of hydrogen-bond donors (Lipinski definition) is 3. The first-order valence-corrected chi connectivity index (χ1v) is 6.66. The second kappa shape index (κ2) is 12.2. The highest BCUT2D eigenvalue weighted by molar-refractivity contribution is 5.87. The van der Waals surface area contributed by atoms with Crippen LogP contribution in [0.25, 0.3) is 0 Å². The smallest absolute Gasteiger partial charge is 0.244 e. The number of nitrogens with one attached hydrogen (secondary N) is 1. The van der Waals surface area contributed by atoms with Crippen molar-refractivity contribution < 1.29 is 15.0 Å². The molecule has 0 heterocycles. The number of carbonyl (C=O) groups excluding carboxylic acids is 1. The first-order chi connectivity index (χ1) is 9.63. The van der Waals surface area contributed by atoms with E-state index in [1.54, 1.807) is 19.1 Å². The monoisotopic (exact) mass is 277 g/mol. The van der Waals surface area contributed by atoms with Crippen molar-refractivity contribution >= 4 is 5.91 Å². The highest BCUT2D eigenvalue weighted by Gasteiger charge is 2.00. The molecule has 0 aliphatic rings. The van der Waals surface area contributed by atoms with E-state index >= 15 is 0 Å². The van der Waals surface area contributed by atoms with Crippen molar-refractivity contribution in [2.45, 2.75) is 32.7 Å². The van der Waals surface area contributed by atoms with Gasteiger partial charge in [-0.3, -0.25) is 4.79 Å². The van der Waals surface area contributed by atoms with Gasteiger partial charge in [0.25, 0.3) is 0 Å². The molecule has 0 aromatic rings. The summed E-state index contributed by atoms with van der Waals surface area (Å²) in [5.41, 5.74) is 0.858. The van der Waals surface area contributed by atoms with Crippen molar-refractivity contribution in [2.24, 2.45) is 0 Å². The Morgan fingerprint density at radius 3 is 2.60 bits per heavy atom. The molecule has 0 spiro atoms. The lowest BCUT2D eigenvalue weighted by Gasteiger charge is -2.07. The van der Waals surface area contributed by atoms with Crippen LogP contribution in [0.1, 0.15) is 26.7 Å². The molecule has 20 heavy (non-hydrogen) atoms. The Morgan fingerprint density at radius 2 is 2.00 bits per heavy atom. The van der Waals surface area contributed by atoms with E-state index in [1.807, 2.05) is 19.1 Å². The van der Waals surface area contributed by atoms with Gasteiger partial charge in [0.05, 0.1) is 6.61 Å². The number of rotatable bonds is 7. The molecular formula is C16H23NO3. The molecule has 0 bridgehead atoms. The number of allylic oxidation sites excluding steroid dienone is 5. The molecule has 0 saturated heterocycles. The zero-order valence-corrected chi connectivity index (χ0v) is 12.1. The maximum Gasteiger partial charge on any atom is 0.244 e. The van der Waals surface area contributed by atoms with Gasteiger partial charge in [0.2, 0.25) is 5.91 Å². The fourth-order valence-corrected chi connectivity index (χ4v) is 1.18. The van der Waals surface area contributed by atoms with E-state index in [2.05, 4.69) is 17.2 Å². The topological polar surface area (TPSA) is 69.6 Å². The molecule has 0 aromatic carbocycles. The number of carbonyl (C=O) groups is 1. The molecule has 0 radical (unpaired) electrons. The average molecular weight is 277 g/mol. The van der Waals surface area contributed by atoms with E-state index in [1.165, 1.54) is 6.08 Å². The van der Waals surface area contributed by atoms with Crippen LogP contribution in [0.3, 0.4) is 0 Å². The zero-order valence-electron chi connectivity index (χ0n) is 12.1. The summed E-state index contributed by atoms with van der Waals surface area (Å²) in [7, 11) is 0. The number of hydrogen-bond acceptors (Lipinski definition) is 3. The lowest BCUT2D eigenvalue weighted by Crippen LogP contribution is -2.33. The van der Waals surface area contributed by atoms with Gasteiger partial charge in [-0.15, -0.1) is 0 Å². The first-order valence-electron chi connectivity index (χ1n) is 6.66. The molecule has 0 fully saturated rings. The third kappa shape index (κ3) is 10.1. The van der Waals surface area contributed by atoms with Crippen molar-refractivity contribution in [3.8, 4) is 11.8 Å². The van der Waals surface area contributed by atoms with Gasteiger partial charge in [-0.1, -0.05) is 30.1 Å². The Labute approximate surface area is 120 Å². The van der Waals surface area contributed by atoms with Gasteiger partial charge in [-0.05, 0) is 26.3 Å². The van der Waals surface area contributed by atoms with Crippen LogP contribution < -0.4 is 5.32 Å². The van der Waals surface area contributed by atoms with E-state index in [9.17, 15) is 4.79 Å². The normalized spacial score (nSPS) is 13.3. The van der Waals surface area contributed by atoms with Gasteiger partial charge in [-0.2, -0.15) is 0 Å². The second-order valence-corrected chi connectivity index (χ2v) is 4.18. The Balaban J connectivity index is 4.25.